The second-order valence-corrected chi connectivity index (χ2v) is 6.02. The molecular formula is C20H12ClFO4. The highest BCUT2D eigenvalue weighted by molar-refractivity contribution is 6.31. The summed E-state index contributed by atoms with van der Waals surface area (Å²) in [6.45, 7) is -0.128. The standard InChI is InChI=1S/C20H12ClFO4/c21-13-7-8-16-14(10-13)18(23)20(19(26-16)17-6-3-9-24-17)25-11-12-4-1-2-5-15(12)22/h1-10H,11H2. The number of halogens is 2. The molecule has 0 aliphatic rings. The fourth-order valence-corrected chi connectivity index (χ4v) is 2.79. The number of benzene rings is 2. The Kier molecular flexibility index (Phi) is 4.22. The number of furan rings is 1. The lowest BCUT2D eigenvalue weighted by Crippen LogP contribution is -2.10. The zero-order chi connectivity index (χ0) is 18.1. The fraction of sp³-hybridized carbons (Fsp3) is 0.0500. The van der Waals surface area contributed by atoms with Crippen LogP contribution in [0, 0.1) is 5.82 Å². The molecule has 2 aromatic heterocycles. The van der Waals surface area contributed by atoms with Crippen molar-refractivity contribution in [3.63, 3.8) is 0 Å². The first-order valence-corrected chi connectivity index (χ1v) is 8.18. The smallest absolute Gasteiger partial charge is 0.235 e. The zero-order valence-corrected chi connectivity index (χ0v) is 14.1. The molecule has 2 heterocycles. The monoisotopic (exact) mass is 370 g/mol. The molecular weight excluding hydrogens is 359 g/mol. The van der Waals surface area contributed by atoms with Gasteiger partial charge in [-0.25, -0.2) is 4.39 Å². The van der Waals surface area contributed by atoms with Crippen LogP contribution in [0.15, 0.2) is 74.5 Å². The summed E-state index contributed by atoms with van der Waals surface area (Å²) < 4.78 is 30.7. The molecule has 0 amide bonds. The Labute approximate surface area is 152 Å². The van der Waals surface area contributed by atoms with Crippen molar-refractivity contribution in [2.45, 2.75) is 6.61 Å². The van der Waals surface area contributed by atoms with E-state index in [1.165, 1.54) is 18.4 Å². The van der Waals surface area contributed by atoms with E-state index in [9.17, 15) is 9.18 Å². The summed E-state index contributed by atoms with van der Waals surface area (Å²) in [5, 5.41) is 0.673. The molecule has 4 aromatic rings. The van der Waals surface area contributed by atoms with Crippen LogP contribution in [-0.2, 0) is 6.61 Å². The molecule has 0 fully saturated rings. The molecule has 0 radical (unpaired) electrons. The predicted octanol–water partition coefficient (Wildman–Crippen LogP) is 5.42. The summed E-state index contributed by atoms with van der Waals surface area (Å²) >= 11 is 5.99. The van der Waals surface area contributed by atoms with Gasteiger partial charge in [-0.05, 0) is 36.4 Å². The highest BCUT2D eigenvalue weighted by Gasteiger charge is 2.20. The van der Waals surface area contributed by atoms with E-state index >= 15 is 0 Å². The lowest BCUT2D eigenvalue weighted by molar-refractivity contribution is 0.290. The predicted molar refractivity (Wildman–Crippen MR) is 95.9 cm³/mol. The van der Waals surface area contributed by atoms with Crippen LogP contribution in [0.3, 0.4) is 0 Å². The summed E-state index contributed by atoms with van der Waals surface area (Å²) in [7, 11) is 0. The van der Waals surface area contributed by atoms with E-state index in [2.05, 4.69) is 0 Å². The average Bonchev–Trinajstić information content (AvgIpc) is 3.17. The molecule has 0 saturated heterocycles. The van der Waals surface area contributed by atoms with E-state index in [4.69, 9.17) is 25.2 Å². The summed E-state index contributed by atoms with van der Waals surface area (Å²) in [6, 6.07) is 14.2. The summed E-state index contributed by atoms with van der Waals surface area (Å²) in [6.07, 6.45) is 1.46. The van der Waals surface area contributed by atoms with Gasteiger partial charge in [0.15, 0.2) is 5.76 Å². The molecule has 130 valence electrons. The largest absolute Gasteiger partial charge is 0.481 e. The Morgan fingerprint density at radius 1 is 1.08 bits per heavy atom. The van der Waals surface area contributed by atoms with Crippen molar-refractivity contribution in [2.75, 3.05) is 0 Å². The Morgan fingerprint density at radius 2 is 1.92 bits per heavy atom. The maximum Gasteiger partial charge on any atom is 0.235 e. The highest BCUT2D eigenvalue weighted by Crippen LogP contribution is 2.32. The maximum absolute atomic E-state index is 13.9. The molecule has 2 aromatic carbocycles. The molecule has 0 unspecified atom stereocenters. The Bertz CT molecular complexity index is 1130. The molecule has 0 bridgehead atoms. The number of rotatable bonds is 4. The van der Waals surface area contributed by atoms with Gasteiger partial charge in [0.1, 0.15) is 18.0 Å². The normalized spacial score (nSPS) is 11.0. The lowest BCUT2D eigenvalue weighted by atomic mass is 10.2. The fourth-order valence-electron chi connectivity index (χ4n) is 2.62. The number of ether oxygens (including phenoxy) is 1. The van der Waals surface area contributed by atoms with E-state index in [1.54, 1.807) is 42.5 Å². The van der Waals surface area contributed by atoms with E-state index in [-0.39, 0.29) is 23.5 Å². The van der Waals surface area contributed by atoms with Gasteiger partial charge in [0, 0.05) is 10.6 Å². The minimum atomic E-state index is -0.416. The SMILES string of the molecule is O=c1c(OCc2ccccc2F)c(-c2ccco2)oc2ccc(Cl)cc12. The average molecular weight is 371 g/mol. The Hall–Kier alpha value is -3.05. The molecule has 0 aliphatic carbocycles. The first-order chi connectivity index (χ1) is 12.6. The van der Waals surface area contributed by atoms with Gasteiger partial charge in [0.05, 0.1) is 11.6 Å². The molecule has 4 nitrogen and oxygen atoms in total. The number of hydrogen-bond donors (Lipinski definition) is 0. The van der Waals surface area contributed by atoms with Crippen LogP contribution in [-0.4, -0.2) is 0 Å². The molecule has 0 N–H and O–H groups in total. The van der Waals surface area contributed by atoms with Crippen LogP contribution in [0.1, 0.15) is 5.56 Å². The van der Waals surface area contributed by atoms with Crippen LogP contribution in [0.4, 0.5) is 4.39 Å². The van der Waals surface area contributed by atoms with Gasteiger partial charge in [-0.2, -0.15) is 0 Å². The van der Waals surface area contributed by atoms with Crippen LogP contribution < -0.4 is 10.2 Å². The zero-order valence-electron chi connectivity index (χ0n) is 13.4. The van der Waals surface area contributed by atoms with Crippen molar-refractivity contribution in [3.05, 3.63) is 87.5 Å². The summed E-state index contributed by atoms with van der Waals surface area (Å²) in [5.41, 5.74) is 0.268. The first kappa shape index (κ1) is 16.4. The Balaban J connectivity index is 1.85. The number of hydrogen-bond acceptors (Lipinski definition) is 4. The molecule has 4 rings (SSSR count). The maximum atomic E-state index is 13.9. The van der Waals surface area contributed by atoms with Gasteiger partial charge in [0.2, 0.25) is 16.9 Å². The highest BCUT2D eigenvalue weighted by atomic mass is 35.5. The van der Waals surface area contributed by atoms with Crippen LogP contribution in [0.5, 0.6) is 5.75 Å². The first-order valence-electron chi connectivity index (χ1n) is 7.80. The van der Waals surface area contributed by atoms with Crippen LogP contribution >= 0.6 is 11.6 Å². The molecule has 6 heteroatoms. The third-order valence-corrected chi connectivity index (χ3v) is 4.12. The number of fused-ring (bicyclic) bond motifs is 1. The minimum absolute atomic E-state index is 0.0574. The van der Waals surface area contributed by atoms with Crippen molar-refractivity contribution in [1.82, 2.24) is 0 Å². The van der Waals surface area contributed by atoms with E-state index in [1.807, 2.05) is 0 Å². The molecule has 0 atom stereocenters. The van der Waals surface area contributed by atoms with Crippen molar-refractivity contribution in [2.24, 2.45) is 0 Å². The molecule has 0 saturated carbocycles. The molecule has 0 spiro atoms. The van der Waals surface area contributed by atoms with E-state index < -0.39 is 11.2 Å². The van der Waals surface area contributed by atoms with Gasteiger partial charge in [-0.3, -0.25) is 4.79 Å². The van der Waals surface area contributed by atoms with Crippen LogP contribution in [0.25, 0.3) is 22.5 Å². The van der Waals surface area contributed by atoms with Crippen molar-refractivity contribution in [3.8, 4) is 17.3 Å². The summed E-state index contributed by atoms with van der Waals surface area (Å²) in [5.74, 6) is 0.00638. The Morgan fingerprint density at radius 3 is 2.69 bits per heavy atom. The lowest BCUT2D eigenvalue weighted by Gasteiger charge is -2.11. The third-order valence-electron chi connectivity index (χ3n) is 3.89. The van der Waals surface area contributed by atoms with Crippen molar-refractivity contribution < 1.29 is 18.0 Å². The third kappa shape index (κ3) is 2.97. The topological polar surface area (TPSA) is 52.6 Å². The van der Waals surface area contributed by atoms with Crippen molar-refractivity contribution >= 4 is 22.6 Å². The van der Waals surface area contributed by atoms with Crippen molar-refractivity contribution in [1.29, 1.82) is 0 Å². The van der Waals surface area contributed by atoms with Gasteiger partial charge in [-0.15, -0.1) is 0 Å². The minimum Gasteiger partial charge on any atom is -0.481 e. The summed E-state index contributed by atoms with van der Waals surface area (Å²) in [4.78, 5) is 12.9. The van der Waals surface area contributed by atoms with Gasteiger partial charge in [0.25, 0.3) is 0 Å². The van der Waals surface area contributed by atoms with Gasteiger partial charge in [-0.1, -0.05) is 29.8 Å². The second-order valence-electron chi connectivity index (χ2n) is 5.59. The van der Waals surface area contributed by atoms with Crippen LogP contribution in [0.2, 0.25) is 5.02 Å². The molecule has 26 heavy (non-hydrogen) atoms. The van der Waals surface area contributed by atoms with Gasteiger partial charge < -0.3 is 13.6 Å². The molecule has 0 aliphatic heterocycles. The van der Waals surface area contributed by atoms with E-state index in [0.29, 0.717) is 21.9 Å². The van der Waals surface area contributed by atoms with Gasteiger partial charge >= 0.3 is 0 Å². The quantitative estimate of drug-likeness (QED) is 0.481. The second kappa shape index (κ2) is 6.69. The van der Waals surface area contributed by atoms with E-state index in [0.717, 1.165) is 0 Å².